The van der Waals surface area contributed by atoms with Crippen LogP contribution in [0, 0.1) is 6.92 Å². The van der Waals surface area contributed by atoms with Gasteiger partial charge in [-0.15, -0.1) is 0 Å². The predicted molar refractivity (Wildman–Crippen MR) is 63.5 cm³/mol. The highest BCUT2D eigenvalue weighted by Gasteiger charge is 2.19. The van der Waals surface area contributed by atoms with Crippen molar-refractivity contribution in [2.45, 2.75) is 25.8 Å². The molecule has 2 rings (SSSR count). The molecule has 0 spiro atoms. The molecule has 1 aliphatic rings. The Morgan fingerprint density at radius 1 is 1.76 bits per heavy atom. The minimum atomic E-state index is -0.0877. The average molecular weight is 238 g/mol. The minimum Gasteiger partial charge on any atom is -0.338 e. The van der Waals surface area contributed by atoms with Crippen molar-refractivity contribution in [3.05, 3.63) is 11.8 Å². The lowest BCUT2D eigenvalue weighted by molar-refractivity contribution is -0.117. The van der Waals surface area contributed by atoms with Gasteiger partial charge in [0.25, 0.3) is 0 Å². The van der Waals surface area contributed by atoms with Crippen LogP contribution in [0.2, 0.25) is 0 Å². The van der Waals surface area contributed by atoms with Gasteiger partial charge in [0.05, 0.1) is 12.2 Å². The third kappa shape index (κ3) is 3.54. The second-order valence-electron chi connectivity index (χ2n) is 4.52. The summed E-state index contributed by atoms with van der Waals surface area (Å²) in [5.74, 6) is 0.309. The second-order valence-corrected chi connectivity index (χ2v) is 4.52. The summed E-state index contributed by atoms with van der Waals surface area (Å²) in [7, 11) is 0. The highest BCUT2D eigenvalue weighted by Crippen LogP contribution is 2.10. The van der Waals surface area contributed by atoms with Gasteiger partial charge in [-0.3, -0.25) is 15.0 Å². The zero-order valence-corrected chi connectivity index (χ0v) is 9.98. The van der Waals surface area contributed by atoms with Crippen LogP contribution >= 0.6 is 0 Å². The van der Waals surface area contributed by atoms with E-state index in [-0.39, 0.29) is 11.9 Å². The number of rotatable bonds is 3. The van der Waals surface area contributed by atoms with Gasteiger partial charge in [0.15, 0.2) is 0 Å². The zero-order chi connectivity index (χ0) is 12.3. The van der Waals surface area contributed by atoms with Crippen LogP contribution in [-0.4, -0.2) is 41.6 Å². The smallest absolute Gasteiger partial charge is 0.240 e. The first-order chi connectivity index (χ1) is 8.13. The minimum absolute atomic E-state index is 0.0877. The second kappa shape index (κ2) is 5.29. The molecule has 1 atom stereocenters. The van der Waals surface area contributed by atoms with Crippen LogP contribution in [0.4, 0.5) is 5.88 Å². The van der Waals surface area contributed by atoms with E-state index in [1.54, 1.807) is 6.07 Å². The van der Waals surface area contributed by atoms with E-state index in [1.807, 2.05) is 6.92 Å². The zero-order valence-electron chi connectivity index (χ0n) is 9.98. The maximum atomic E-state index is 11.7. The number of aromatic nitrogens is 1. The maximum absolute atomic E-state index is 11.7. The highest BCUT2D eigenvalue weighted by molar-refractivity contribution is 5.90. The van der Waals surface area contributed by atoms with E-state index in [2.05, 4.69) is 15.4 Å². The molecule has 6 heteroatoms. The molecule has 0 aliphatic carbocycles. The van der Waals surface area contributed by atoms with Gasteiger partial charge in [-0.1, -0.05) is 5.16 Å². The van der Waals surface area contributed by atoms with Gasteiger partial charge in [-0.25, -0.2) is 0 Å². The number of nitrogens with zero attached hydrogens (tertiary/aromatic N) is 2. The van der Waals surface area contributed by atoms with Crippen molar-refractivity contribution in [1.82, 2.24) is 10.1 Å². The van der Waals surface area contributed by atoms with Crippen LogP contribution in [-0.2, 0) is 4.79 Å². The van der Waals surface area contributed by atoms with Crippen molar-refractivity contribution >= 4 is 11.8 Å². The SMILES string of the molecule is Cc1cc(NC(=O)CN2CCCC(N)C2)on1. The van der Waals surface area contributed by atoms with E-state index >= 15 is 0 Å². The van der Waals surface area contributed by atoms with Gasteiger partial charge in [0.1, 0.15) is 0 Å². The first-order valence-electron chi connectivity index (χ1n) is 5.84. The van der Waals surface area contributed by atoms with Crippen LogP contribution in [0.5, 0.6) is 0 Å². The summed E-state index contributed by atoms with van der Waals surface area (Å²) >= 11 is 0. The van der Waals surface area contributed by atoms with Crippen LogP contribution < -0.4 is 11.1 Å². The molecule has 2 heterocycles. The summed E-state index contributed by atoms with van der Waals surface area (Å²) in [6.07, 6.45) is 2.09. The third-order valence-electron chi connectivity index (χ3n) is 2.80. The van der Waals surface area contributed by atoms with E-state index in [9.17, 15) is 4.79 Å². The van der Waals surface area contributed by atoms with Gasteiger partial charge in [-0.05, 0) is 26.3 Å². The van der Waals surface area contributed by atoms with Crippen LogP contribution in [0.3, 0.4) is 0 Å². The lowest BCUT2D eigenvalue weighted by Crippen LogP contribution is -2.45. The molecule has 0 bridgehead atoms. The van der Waals surface area contributed by atoms with Crippen molar-refractivity contribution < 1.29 is 9.32 Å². The number of anilines is 1. The van der Waals surface area contributed by atoms with Crippen molar-refractivity contribution in [1.29, 1.82) is 0 Å². The number of hydrogen-bond donors (Lipinski definition) is 2. The molecule has 94 valence electrons. The van der Waals surface area contributed by atoms with Crippen LogP contribution in [0.15, 0.2) is 10.6 Å². The Morgan fingerprint density at radius 3 is 3.24 bits per heavy atom. The molecule has 1 aromatic heterocycles. The predicted octanol–water partition coefficient (Wildman–Crippen LogP) is 0.345. The molecular formula is C11H18N4O2. The van der Waals surface area contributed by atoms with E-state index in [1.165, 1.54) is 0 Å². The number of carbonyl (C=O) groups is 1. The monoisotopic (exact) mass is 238 g/mol. The molecule has 1 saturated heterocycles. The molecule has 6 nitrogen and oxygen atoms in total. The van der Waals surface area contributed by atoms with E-state index in [0.717, 1.165) is 31.6 Å². The third-order valence-corrected chi connectivity index (χ3v) is 2.80. The molecule has 0 radical (unpaired) electrons. The number of carbonyl (C=O) groups excluding carboxylic acids is 1. The molecular weight excluding hydrogens is 220 g/mol. The Kier molecular flexibility index (Phi) is 3.75. The number of likely N-dealkylation sites (tertiary alicyclic amines) is 1. The quantitative estimate of drug-likeness (QED) is 0.793. The van der Waals surface area contributed by atoms with E-state index in [0.29, 0.717) is 12.4 Å². The topological polar surface area (TPSA) is 84.4 Å². The highest BCUT2D eigenvalue weighted by atomic mass is 16.5. The fraction of sp³-hybridized carbons (Fsp3) is 0.636. The number of piperidine rings is 1. The Labute approximate surface area is 100 Å². The molecule has 0 saturated carbocycles. The molecule has 1 amide bonds. The van der Waals surface area contributed by atoms with E-state index in [4.69, 9.17) is 10.3 Å². The molecule has 1 aromatic rings. The molecule has 1 fully saturated rings. The summed E-state index contributed by atoms with van der Waals surface area (Å²) in [5.41, 5.74) is 6.61. The molecule has 17 heavy (non-hydrogen) atoms. The Hall–Kier alpha value is -1.40. The Bertz CT molecular complexity index is 391. The largest absolute Gasteiger partial charge is 0.338 e. The van der Waals surface area contributed by atoms with Crippen LogP contribution in [0.25, 0.3) is 0 Å². The Morgan fingerprint density at radius 2 is 2.59 bits per heavy atom. The molecule has 3 N–H and O–H groups in total. The normalized spacial score (nSPS) is 21.4. The fourth-order valence-corrected chi connectivity index (χ4v) is 2.04. The summed E-state index contributed by atoms with van der Waals surface area (Å²) < 4.78 is 4.92. The number of nitrogens with one attached hydrogen (secondary N) is 1. The molecule has 0 aromatic carbocycles. The number of hydrogen-bond acceptors (Lipinski definition) is 5. The summed E-state index contributed by atoms with van der Waals surface area (Å²) in [6, 6.07) is 1.88. The first kappa shape index (κ1) is 12.1. The van der Waals surface area contributed by atoms with Gasteiger partial charge >= 0.3 is 0 Å². The van der Waals surface area contributed by atoms with Gasteiger partial charge in [0.2, 0.25) is 11.8 Å². The van der Waals surface area contributed by atoms with Crippen LogP contribution in [0.1, 0.15) is 18.5 Å². The van der Waals surface area contributed by atoms with E-state index < -0.39 is 0 Å². The number of nitrogens with two attached hydrogens (primary N) is 1. The van der Waals surface area contributed by atoms with Crippen molar-refractivity contribution in [2.75, 3.05) is 25.0 Å². The molecule has 1 aliphatic heterocycles. The van der Waals surface area contributed by atoms with Gasteiger partial charge in [-0.2, -0.15) is 0 Å². The lowest BCUT2D eigenvalue weighted by atomic mass is 10.1. The summed E-state index contributed by atoms with van der Waals surface area (Å²) in [6.45, 7) is 3.87. The van der Waals surface area contributed by atoms with Gasteiger partial charge < -0.3 is 10.3 Å². The first-order valence-corrected chi connectivity index (χ1v) is 5.84. The number of amides is 1. The fourth-order valence-electron chi connectivity index (χ4n) is 2.04. The summed E-state index contributed by atoms with van der Waals surface area (Å²) in [5, 5.41) is 6.38. The van der Waals surface area contributed by atoms with Crippen molar-refractivity contribution in [3.63, 3.8) is 0 Å². The number of aryl methyl sites for hydroxylation is 1. The van der Waals surface area contributed by atoms with Gasteiger partial charge in [0, 0.05) is 18.7 Å². The maximum Gasteiger partial charge on any atom is 0.240 e. The standard InChI is InChI=1S/C11H18N4O2/c1-8-5-11(17-14-8)13-10(16)7-15-4-2-3-9(12)6-15/h5,9H,2-4,6-7,12H2,1H3,(H,13,16). The average Bonchev–Trinajstić information content (AvgIpc) is 2.63. The lowest BCUT2D eigenvalue weighted by Gasteiger charge is -2.29. The Balaban J connectivity index is 1.80. The van der Waals surface area contributed by atoms with Crippen molar-refractivity contribution in [2.24, 2.45) is 5.73 Å². The molecule has 1 unspecified atom stereocenters. The summed E-state index contributed by atoms with van der Waals surface area (Å²) in [4.78, 5) is 13.8. The van der Waals surface area contributed by atoms with Crippen molar-refractivity contribution in [3.8, 4) is 0 Å².